The molecule has 3 aliphatic rings. The Bertz CT molecular complexity index is 244. The highest BCUT2D eigenvalue weighted by Crippen LogP contribution is 2.47. The summed E-state index contributed by atoms with van der Waals surface area (Å²) in [6.45, 7) is 3.55. The van der Waals surface area contributed by atoms with Gasteiger partial charge in [0.15, 0.2) is 0 Å². The third-order valence-electron chi connectivity index (χ3n) is 5.93. The molecule has 0 amide bonds. The van der Waals surface area contributed by atoms with E-state index in [0.29, 0.717) is 6.04 Å². The highest BCUT2D eigenvalue weighted by molar-refractivity contribution is 4.93. The first-order chi connectivity index (χ1) is 8.33. The quantitative estimate of drug-likeness (QED) is 0.816. The smallest absolute Gasteiger partial charge is 0.0246 e. The molecule has 1 heterocycles. The summed E-state index contributed by atoms with van der Waals surface area (Å²) >= 11 is 0. The third kappa shape index (κ3) is 2.26. The topological polar surface area (TPSA) is 29.3 Å². The number of likely N-dealkylation sites (tertiary alicyclic amines) is 1. The molecule has 0 aromatic carbocycles. The summed E-state index contributed by atoms with van der Waals surface area (Å²) in [5.74, 6) is 0.928. The molecule has 0 aromatic heterocycles. The Balaban J connectivity index is 1.56. The number of nitrogens with zero attached hydrogens (tertiary/aromatic N) is 1. The largest absolute Gasteiger partial charge is 0.329 e. The summed E-state index contributed by atoms with van der Waals surface area (Å²) < 4.78 is 0. The minimum absolute atomic E-state index is 0.711. The predicted molar refractivity (Wildman–Crippen MR) is 71.9 cm³/mol. The van der Waals surface area contributed by atoms with E-state index in [1.54, 1.807) is 0 Å². The standard InChI is InChI=1S/C15H28N2/c16-12-14(13-4-3-5-13)17-10-8-15(9-11-17)6-1-2-7-15/h13-14H,1-12,16H2. The summed E-state index contributed by atoms with van der Waals surface area (Å²) in [4.78, 5) is 2.73. The van der Waals surface area contributed by atoms with Crippen molar-refractivity contribution in [2.45, 2.75) is 63.8 Å². The second-order valence-corrected chi connectivity index (χ2v) is 6.74. The van der Waals surface area contributed by atoms with Gasteiger partial charge in [0.1, 0.15) is 0 Å². The van der Waals surface area contributed by atoms with Crippen LogP contribution in [0.15, 0.2) is 0 Å². The first-order valence-electron chi connectivity index (χ1n) is 7.77. The molecule has 2 aliphatic carbocycles. The molecule has 1 atom stereocenters. The van der Waals surface area contributed by atoms with Gasteiger partial charge in [-0.15, -0.1) is 0 Å². The van der Waals surface area contributed by atoms with Crippen molar-refractivity contribution in [3.63, 3.8) is 0 Å². The van der Waals surface area contributed by atoms with Gasteiger partial charge in [-0.05, 0) is 62.9 Å². The second kappa shape index (κ2) is 4.89. The van der Waals surface area contributed by atoms with E-state index in [1.807, 2.05) is 0 Å². The Morgan fingerprint density at radius 3 is 2.12 bits per heavy atom. The summed E-state index contributed by atoms with van der Waals surface area (Å²) in [7, 11) is 0. The average Bonchev–Trinajstić information content (AvgIpc) is 2.73. The molecule has 1 unspecified atom stereocenters. The van der Waals surface area contributed by atoms with Gasteiger partial charge in [0.2, 0.25) is 0 Å². The van der Waals surface area contributed by atoms with Crippen molar-refractivity contribution in [3.05, 3.63) is 0 Å². The number of nitrogens with two attached hydrogens (primary N) is 1. The van der Waals surface area contributed by atoms with Gasteiger partial charge in [-0.1, -0.05) is 19.3 Å². The van der Waals surface area contributed by atoms with Gasteiger partial charge in [0, 0.05) is 12.6 Å². The average molecular weight is 236 g/mol. The van der Waals surface area contributed by atoms with Gasteiger partial charge >= 0.3 is 0 Å². The van der Waals surface area contributed by atoms with E-state index < -0.39 is 0 Å². The molecule has 3 fully saturated rings. The third-order valence-corrected chi connectivity index (χ3v) is 5.93. The predicted octanol–water partition coefficient (Wildman–Crippen LogP) is 2.77. The normalized spacial score (nSPS) is 31.6. The summed E-state index contributed by atoms with van der Waals surface area (Å²) in [6.07, 6.45) is 13.2. The fourth-order valence-electron chi connectivity index (χ4n) is 4.42. The minimum atomic E-state index is 0.711. The molecule has 2 N–H and O–H groups in total. The van der Waals surface area contributed by atoms with Crippen LogP contribution in [0.4, 0.5) is 0 Å². The van der Waals surface area contributed by atoms with Crippen LogP contribution in [-0.4, -0.2) is 30.6 Å². The van der Waals surface area contributed by atoms with E-state index in [1.165, 1.54) is 70.9 Å². The lowest BCUT2D eigenvalue weighted by molar-refractivity contribution is 0.0365. The number of rotatable bonds is 3. The molecule has 2 nitrogen and oxygen atoms in total. The van der Waals surface area contributed by atoms with Crippen LogP contribution in [0.25, 0.3) is 0 Å². The van der Waals surface area contributed by atoms with Crippen molar-refractivity contribution < 1.29 is 0 Å². The molecule has 17 heavy (non-hydrogen) atoms. The molecule has 1 aliphatic heterocycles. The van der Waals surface area contributed by atoms with E-state index in [2.05, 4.69) is 4.90 Å². The van der Waals surface area contributed by atoms with Crippen LogP contribution >= 0.6 is 0 Å². The second-order valence-electron chi connectivity index (χ2n) is 6.74. The summed E-state index contributed by atoms with van der Waals surface area (Å²) in [5.41, 5.74) is 6.78. The fraction of sp³-hybridized carbons (Fsp3) is 1.00. The zero-order valence-electron chi connectivity index (χ0n) is 11.2. The lowest BCUT2D eigenvalue weighted by Gasteiger charge is -2.46. The van der Waals surface area contributed by atoms with E-state index in [-0.39, 0.29) is 0 Å². The van der Waals surface area contributed by atoms with Crippen LogP contribution in [0.5, 0.6) is 0 Å². The summed E-state index contributed by atoms with van der Waals surface area (Å²) in [6, 6.07) is 0.711. The molecule has 0 aromatic rings. The van der Waals surface area contributed by atoms with Crippen LogP contribution < -0.4 is 5.73 Å². The molecular weight excluding hydrogens is 208 g/mol. The van der Waals surface area contributed by atoms with E-state index >= 15 is 0 Å². The Morgan fingerprint density at radius 1 is 1.00 bits per heavy atom. The highest BCUT2D eigenvalue weighted by atomic mass is 15.2. The van der Waals surface area contributed by atoms with Crippen molar-refractivity contribution in [3.8, 4) is 0 Å². The van der Waals surface area contributed by atoms with Gasteiger partial charge in [0.25, 0.3) is 0 Å². The Kier molecular flexibility index (Phi) is 3.45. The van der Waals surface area contributed by atoms with E-state index in [0.717, 1.165) is 17.9 Å². The van der Waals surface area contributed by atoms with E-state index in [4.69, 9.17) is 5.73 Å². The Hall–Kier alpha value is -0.0800. The van der Waals surface area contributed by atoms with Crippen molar-refractivity contribution in [1.29, 1.82) is 0 Å². The van der Waals surface area contributed by atoms with Crippen molar-refractivity contribution in [1.82, 2.24) is 4.90 Å². The first kappa shape index (κ1) is 12.0. The number of hydrogen-bond donors (Lipinski definition) is 1. The SMILES string of the molecule is NCC(C1CCC1)N1CCC2(CCCC2)CC1. The molecular formula is C15H28N2. The van der Waals surface area contributed by atoms with Crippen LogP contribution in [0.2, 0.25) is 0 Å². The number of hydrogen-bond acceptors (Lipinski definition) is 2. The number of piperidine rings is 1. The molecule has 1 saturated heterocycles. The van der Waals surface area contributed by atoms with Crippen LogP contribution in [0, 0.1) is 11.3 Å². The molecule has 0 radical (unpaired) electrons. The monoisotopic (exact) mass is 236 g/mol. The molecule has 2 heteroatoms. The lowest BCUT2D eigenvalue weighted by atomic mass is 9.74. The maximum absolute atomic E-state index is 6.02. The fourth-order valence-corrected chi connectivity index (χ4v) is 4.42. The maximum Gasteiger partial charge on any atom is 0.0246 e. The van der Waals surface area contributed by atoms with Gasteiger partial charge in [-0.2, -0.15) is 0 Å². The van der Waals surface area contributed by atoms with Crippen molar-refractivity contribution in [2.75, 3.05) is 19.6 Å². The maximum atomic E-state index is 6.02. The minimum Gasteiger partial charge on any atom is -0.329 e. The van der Waals surface area contributed by atoms with Crippen LogP contribution in [0.3, 0.4) is 0 Å². The Morgan fingerprint density at radius 2 is 1.65 bits per heavy atom. The molecule has 98 valence electrons. The molecule has 1 spiro atoms. The van der Waals surface area contributed by atoms with Gasteiger partial charge in [0.05, 0.1) is 0 Å². The van der Waals surface area contributed by atoms with Gasteiger partial charge in [-0.25, -0.2) is 0 Å². The van der Waals surface area contributed by atoms with Crippen molar-refractivity contribution in [2.24, 2.45) is 17.1 Å². The highest BCUT2D eigenvalue weighted by Gasteiger charge is 2.40. The van der Waals surface area contributed by atoms with Gasteiger partial charge < -0.3 is 5.73 Å². The zero-order chi connectivity index (χ0) is 11.7. The van der Waals surface area contributed by atoms with E-state index in [9.17, 15) is 0 Å². The van der Waals surface area contributed by atoms with Crippen LogP contribution in [-0.2, 0) is 0 Å². The molecule has 2 saturated carbocycles. The first-order valence-corrected chi connectivity index (χ1v) is 7.77. The Labute approximate surface area is 106 Å². The lowest BCUT2D eigenvalue weighted by Crippen LogP contribution is -2.52. The zero-order valence-corrected chi connectivity index (χ0v) is 11.2. The van der Waals surface area contributed by atoms with Crippen molar-refractivity contribution >= 4 is 0 Å². The molecule has 0 bridgehead atoms. The van der Waals surface area contributed by atoms with Crippen LogP contribution in [0.1, 0.15) is 57.8 Å². The summed E-state index contributed by atoms with van der Waals surface area (Å²) in [5, 5.41) is 0. The molecule has 3 rings (SSSR count). The van der Waals surface area contributed by atoms with Gasteiger partial charge in [-0.3, -0.25) is 4.90 Å².